The summed E-state index contributed by atoms with van der Waals surface area (Å²) in [6, 6.07) is 10.3. The summed E-state index contributed by atoms with van der Waals surface area (Å²) in [5.41, 5.74) is 1.56. The van der Waals surface area contributed by atoms with Crippen LogP contribution in [0.1, 0.15) is 13.3 Å². The highest BCUT2D eigenvalue weighted by molar-refractivity contribution is 7.92. The number of nitrogens with one attached hydrogen (secondary N) is 1. The predicted molar refractivity (Wildman–Crippen MR) is 103 cm³/mol. The van der Waals surface area contributed by atoms with E-state index < -0.39 is 10.0 Å². The molecule has 0 atom stereocenters. The van der Waals surface area contributed by atoms with Crippen molar-refractivity contribution in [3.8, 4) is 0 Å². The number of nitrogens with zero attached hydrogens (tertiary/aromatic N) is 3. The van der Waals surface area contributed by atoms with E-state index in [9.17, 15) is 12.8 Å². The zero-order valence-electron chi connectivity index (χ0n) is 14.7. The minimum absolute atomic E-state index is 0.0778. The van der Waals surface area contributed by atoms with Gasteiger partial charge in [-0.05, 0) is 30.7 Å². The van der Waals surface area contributed by atoms with Crippen LogP contribution in [0.15, 0.2) is 42.6 Å². The molecule has 0 saturated carbocycles. The molecule has 26 heavy (non-hydrogen) atoms. The molecule has 3 rings (SSSR count). The van der Waals surface area contributed by atoms with Crippen molar-refractivity contribution in [1.82, 2.24) is 4.98 Å². The lowest BCUT2D eigenvalue weighted by atomic mass is 10.2. The summed E-state index contributed by atoms with van der Waals surface area (Å²) in [4.78, 5) is 8.40. The Labute approximate surface area is 153 Å². The molecule has 1 aliphatic heterocycles. The average Bonchev–Trinajstić information content (AvgIpc) is 2.63. The fourth-order valence-electron chi connectivity index (χ4n) is 3.03. The number of hydrogen-bond donors (Lipinski definition) is 1. The third kappa shape index (κ3) is 4.43. The minimum atomic E-state index is -3.33. The van der Waals surface area contributed by atoms with E-state index in [2.05, 4.69) is 14.6 Å². The minimum Gasteiger partial charge on any atom is -0.367 e. The number of anilines is 3. The van der Waals surface area contributed by atoms with Crippen LogP contribution in [0.5, 0.6) is 0 Å². The van der Waals surface area contributed by atoms with Gasteiger partial charge in [-0.25, -0.2) is 17.8 Å². The van der Waals surface area contributed by atoms with Gasteiger partial charge in [-0.2, -0.15) is 0 Å². The van der Waals surface area contributed by atoms with E-state index in [1.165, 1.54) is 6.07 Å². The topological polar surface area (TPSA) is 65.5 Å². The Kier molecular flexibility index (Phi) is 5.61. The number of rotatable bonds is 6. The van der Waals surface area contributed by atoms with Crippen molar-refractivity contribution in [3.05, 3.63) is 48.4 Å². The maximum atomic E-state index is 13.9. The first-order valence-corrected chi connectivity index (χ1v) is 10.3. The maximum Gasteiger partial charge on any atom is 0.233 e. The molecule has 2 heterocycles. The van der Waals surface area contributed by atoms with Gasteiger partial charge in [-0.15, -0.1) is 0 Å². The van der Waals surface area contributed by atoms with Crippen molar-refractivity contribution in [2.75, 3.05) is 46.5 Å². The second-order valence-electron chi connectivity index (χ2n) is 6.25. The molecule has 0 radical (unpaired) electrons. The van der Waals surface area contributed by atoms with E-state index in [4.69, 9.17) is 0 Å². The second kappa shape index (κ2) is 7.90. The number of hydrogen-bond acceptors (Lipinski definition) is 5. The number of halogens is 1. The lowest BCUT2D eigenvalue weighted by Gasteiger charge is -2.37. The summed E-state index contributed by atoms with van der Waals surface area (Å²) >= 11 is 0. The smallest absolute Gasteiger partial charge is 0.233 e. The Balaban J connectivity index is 1.60. The molecule has 1 saturated heterocycles. The Morgan fingerprint density at radius 2 is 1.77 bits per heavy atom. The molecule has 1 aromatic carbocycles. The Morgan fingerprint density at radius 3 is 2.38 bits per heavy atom. The van der Waals surface area contributed by atoms with E-state index in [1.807, 2.05) is 24.0 Å². The normalized spacial score (nSPS) is 15.2. The third-order valence-electron chi connectivity index (χ3n) is 4.32. The van der Waals surface area contributed by atoms with Crippen LogP contribution in [0.4, 0.5) is 21.6 Å². The number of benzene rings is 1. The molecule has 0 aliphatic carbocycles. The van der Waals surface area contributed by atoms with Gasteiger partial charge in [0.05, 0.1) is 23.3 Å². The van der Waals surface area contributed by atoms with Crippen molar-refractivity contribution < 1.29 is 12.8 Å². The van der Waals surface area contributed by atoms with Crippen LogP contribution in [0.2, 0.25) is 0 Å². The molecule has 0 amide bonds. The quantitative estimate of drug-likeness (QED) is 0.837. The van der Waals surface area contributed by atoms with Gasteiger partial charge in [0.1, 0.15) is 11.6 Å². The van der Waals surface area contributed by atoms with E-state index >= 15 is 0 Å². The summed E-state index contributed by atoms with van der Waals surface area (Å²) in [5.74, 6) is 0.201. The van der Waals surface area contributed by atoms with Gasteiger partial charge in [0.2, 0.25) is 10.0 Å². The van der Waals surface area contributed by atoms with Gasteiger partial charge >= 0.3 is 0 Å². The lowest BCUT2D eigenvalue weighted by Crippen LogP contribution is -2.46. The number of piperazine rings is 1. The summed E-state index contributed by atoms with van der Waals surface area (Å²) in [5, 5.41) is 0. The molecule has 140 valence electrons. The summed E-state index contributed by atoms with van der Waals surface area (Å²) in [6.07, 6.45) is 2.22. The highest BCUT2D eigenvalue weighted by Gasteiger charge is 2.20. The number of pyridine rings is 1. The van der Waals surface area contributed by atoms with Crippen LogP contribution in [-0.4, -0.2) is 45.3 Å². The highest BCUT2D eigenvalue weighted by Crippen LogP contribution is 2.23. The van der Waals surface area contributed by atoms with Gasteiger partial charge in [-0.1, -0.05) is 19.1 Å². The van der Waals surface area contributed by atoms with Crippen LogP contribution in [0, 0.1) is 5.82 Å². The molecular formula is C18H23FN4O2S. The maximum absolute atomic E-state index is 13.9. The van der Waals surface area contributed by atoms with Crippen molar-refractivity contribution >= 4 is 27.2 Å². The van der Waals surface area contributed by atoms with Gasteiger partial charge in [-0.3, -0.25) is 4.72 Å². The summed E-state index contributed by atoms with van der Waals surface area (Å²) in [7, 11) is -3.33. The monoisotopic (exact) mass is 378 g/mol. The highest BCUT2D eigenvalue weighted by atomic mass is 32.2. The van der Waals surface area contributed by atoms with Crippen molar-refractivity contribution in [2.24, 2.45) is 0 Å². The van der Waals surface area contributed by atoms with Gasteiger partial charge < -0.3 is 9.80 Å². The number of aromatic nitrogens is 1. The second-order valence-corrected chi connectivity index (χ2v) is 8.09. The van der Waals surface area contributed by atoms with Crippen molar-refractivity contribution in [3.63, 3.8) is 0 Å². The van der Waals surface area contributed by atoms with E-state index in [-0.39, 0.29) is 11.6 Å². The van der Waals surface area contributed by atoms with Crippen LogP contribution < -0.4 is 14.5 Å². The first kappa shape index (κ1) is 18.4. The first-order valence-electron chi connectivity index (χ1n) is 8.69. The van der Waals surface area contributed by atoms with E-state index in [1.54, 1.807) is 24.4 Å². The van der Waals surface area contributed by atoms with Crippen LogP contribution in [-0.2, 0) is 10.0 Å². The zero-order valence-corrected chi connectivity index (χ0v) is 15.5. The molecule has 1 N–H and O–H groups in total. The Hall–Kier alpha value is -2.35. The van der Waals surface area contributed by atoms with Gasteiger partial charge in [0.15, 0.2) is 0 Å². The Morgan fingerprint density at radius 1 is 1.08 bits per heavy atom. The molecule has 0 spiro atoms. The standard InChI is InChI=1S/C18H23FN4O2S/c1-2-13-26(24,25)21-18-8-7-15(14-20-18)22-9-11-23(12-10-22)17-6-4-3-5-16(17)19/h3-8,14H,2,9-13H2,1H3,(H,20,21). The molecule has 8 heteroatoms. The van der Waals surface area contributed by atoms with Crippen LogP contribution in [0.25, 0.3) is 0 Å². The van der Waals surface area contributed by atoms with Crippen LogP contribution in [0.3, 0.4) is 0 Å². The Bertz CT molecular complexity index is 835. The molecule has 0 bridgehead atoms. The average molecular weight is 378 g/mol. The SMILES string of the molecule is CCCS(=O)(=O)Nc1ccc(N2CCN(c3ccccc3F)CC2)cn1. The molecular weight excluding hydrogens is 355 g/mol. The molecule has 1 fully saturated rings. The van der Waals surface area contributed by atoms with Gasteiger partial charge in [0.25, 0.3) is 0 Å². The fourth-order valence-corrected chi connectivity index (χ4v) is 4.11. The zero-order chi connectivity index (χ0) is 18.6. The fraction of sp³-hybridized carbons (Fsp3) is 0.389. The molecule has 1 aromatic heterocycles. The lowest BCUT2D eigenvalue weighted by molar-refractivity contribution is 0.597. The number of sulfonamides is 1. The molecule has 1 aliphatic rings. The van der Waals surface area contributed by atoms with Crippen molar-refractivity contribution in [1.29, 1.82) is 0 Å². The third-order valence-corrected chi connectivity index (χ3v) is 5.78. The molecule has 2 aromatic rings. The largest absolute Gasteiger partial charge is 0.367 e. The summed E-state index contributed by atoms with van der Waals surface area (Å²) in [6.45, 7) is 4.74. The van der Waals surface area contributed by atoms with E-state index in [0.29, 0.717) is 31.0 Å². The van der Waals surface area contributed by atoms with Gasteiger partial charge in [0, 0.05) is 26.2 Å². The predicted octanol–water partition coefficient (Wildman–Crippen LogP) is 2.70. The number of para-hydroxylation sites is 1. The molecule has 6 nitrogen and oxygen atoms in total. The first-order chi connectivity index (χ1) is 12.5. The van der Waals surface area contributed by atoms with E-state index in [0.717, 1.165) is 18.8 Å². The molecule has 0 unspecified atom stereocenters. The summed E-state index contributed by atoms with van der Waals surface area (Å²) < 4.78 is 40.0. The van der Waals surface area contributed by atoms with Crippen LogP contribution >= 0.6 is 0 Å². The van der Waals surface area contributed by atoms with Crippen molar-refractivity contribution in [2.45, 2.75) is 13.3 Å².